The van der Waals surface area contributed by atoms with Gasteiger partial charge in [0.25, 0.3) is 5.91 Å². The first-order chi connectivity index (χ1) is 9.02. The SMILES string of the molecule is CCc1c(C(=O)NCCCCN)[nH]c(C)c1C(C)=O. The van der Waals surface area contributed by atoms with Gasteiger partial charge < -0.3 is 16.0 Å². The van der Waals surface area contributed by atoms with E-state index in [-0.39, 0.29) is 11.7 Å². The lowest BCUT2D eigenvalue weighted by molar-refractivity contribution is 0.0947. The van der Waals surface area contributed by atoms with Gasteiger partial charge in [0.15, 0.2) is 5.78 Å². The van der Waals surface area contributed by atoms with Crippen LogP contribution in [0.3, 0.4) is 0 Å². The number of carbonyl (C=O) groups is 2. The predicted molar refractivity (Wildman–Crippen MR) is 75.5 cm³/mol. The molecule has 0 spiro atoms. The van der Waals surface area contributed by atoms with Crippen molar-refractivity contribution in [1.82, 2.24) is 10.3 Å². The van der Waals surface area contributed by atoms with Gasteiger partial charge in [-0.25, -0.2) is 0 Å². The number of ketones is 1. The molecule has 0 radical (unpaired) electrons. The quantitative estimate of drug-likeness (QED) is 0.516. The molecule has 19 heavy (non-hydrogen) atoms. The third-order valence-corrected chi connectivity index (χ3v) is 3.14. The summed E-state index contributed by atoms with van der Waals surface area (Å²) in [6.45, 7) is 6.53. The lowest BCUT2D eigenvalue weighted by Crippen LogP contribution is -2.26. The number of aromatic nitrogens is 1. The van der Waals surface area contributed by atoms with Crippen molar-refractivity contribution in [3.8, 4) is 0 Å². The molecule has 0 aromatic carbocycles. The molecule has 4 N–H and O–H groups in total. The van der Waals surface area contributed by atoms with E-state index in [1.807, 2.05) is 13.8 Å². The Morgan fingerprint density at radius 3 is 2.53 bits per heavy atom. The number of unbranched alkanes of at least 4 members (excludes halogenated alkanes) is 1. The van der Waals surface area contributed by atoms with Gasteiger partial charge in [0.05, 0.1) is 0 Å². The van der Waals surface area contributed by atoms with Crippen molar-refractivity contribution in [2.75, 3.05) is 13.1 Å². The van der Waals surface area contributed by atoms with Crippen LogP contribution in [0.1, 0.15) is 58.8 Å². The number of nitrogens with one attached hydrogen (secondary N) is 2. The van der Waals surface area contributed by atoms with E-state index in [0.29, 0.717) is 30.8 Å². The number of carbonyl (C=O) groups excluding carboxylic acids is 2. The van der Waals surface area contributed by atoms with E-state index < -0.39 is 0 Å². The van der Waals surface area contributed by atoms with Crippen LogP contribution in [0, 0.1) is 6.92 Å². The highest BCUT2D eigenvalue weighted by Crippen LogP contribution is 2.20. The van der Waals surface area contributed by atoms with Crippen LogP contribution in [-0.4, -0.2) is 29.8 Å². The summed E-state index contributed by atoms with van der Waals surface area (Å²) in [6.07, 6.45) is 2.41. The Balaban J connectivity index is 2.85. The fourth-order valence-electron chi connectivity index (χ4n) is 2.26. The van der Waals surface area contributed by atoms with Crippen LogP contribution in [-0.2, 0) is 6.42 Å². The summed E-state index contributed by atoms with van der Waals surface area (Å²) in [4.78, 5) is 26.7. The molecule has 0 aliphatic carbocycles. The zero-order valence-corrected chi connectivity index (χ0v) is 11.9. The minimum Gasteiger partial charge on any atom is -0.354 e. The number of hydrogen-bond donors (Lipinski definition) is 3. The predicted octanol–water partition coefficient (Wildman–Crippen LogP) is 1.56. The van der Waals surface area contributed by atoms with Gasteiger partial charge in [-0.1, -0.05) is 6.92 Å². The number of aromatic amines is 1. The van der Waals surface area contributed by atoms with E-state index in [1.165, 1.54) is 6.92 Å². The molecule has 1 aromatic rings. The molecule has 1 heterocycles. The Bertz CT molecular complexity index is 464. The van der Waals surface area contributed by atoms with Gasteiger partial charge in [0.2, 0.25) is 0 Å². The van der Waals surface area contributed by atoms with E-state index in [2.05, 4.69) is 10.3 Å². The van der Waals surface area contributed by atoms with Gasteiger partial charge in [0.1, 0.15) is 5.69 Å². The molecule has 0 atom stereocenters. The molecule has 0 saturated heterocycles. The Hall–Kier alpha value is -1.62. The van der Waals surface area contributed by atoms with Gasteiger partial charge in [-0.15, -0.1) is 0 Å². The number of Topliss-reactive ketones (excluding diaryl/α,β-unsaturated/α-hetero) is 1. The molecule has 5 heteroatoms. The van der Waals surface area contributed by atoms with Crippen LogP contribution >= 0.6 is 0 Å². The second-order valence-electron chi connectivity index (χ2n) is 4.64. The number of aryl methyl sites for hydroxylation is 1. The smallest absolute Gasteiger partial charge is 0.268 e. The molecule has 0 unspecified atom stereocenters. The first-order valence-electron chi connectivity index (χ1n) is 6.73. The monoisotopic (exact) mass is 265 g/mol. The van der Waals surface area contributed by atoms with Crippen molar-refractivity contribution in [3.63, 3.8) is 0 Å². The topological polar surface area (TPSA) is 88.0 Å². The average molecular weight is 265 g/mol. The summed E-state index contributed by atoms with van der Waals surface area (Å²) in [5, 5.41) is 2.85. The summed E-state index contributed by atoms with van der Waals surface area (Å²) < 4.78 is 0. The third-order valence-electron chi connectivity index (χ3n) is 3.14. The van der Waals surface area contributed by atoms with Crippen LogP contribution < -0.4 is 11.1 Å². The lowest BCUT2D eigenvalue weighted by atomic mass is 10.0. The van der Waals surface area contributed by atoms with Crippen molar-refractivity contribution in [3.05, 3.63) is 22.5 Å². The van der Waals surface area contributed by atoms with Gasteiger partial charge >= 0.3 is 0 Å². The first kappa shape index (κ1) is 15.4. The highest BCUT2D eigenvalue weighted by molar-refractivity contribution is 6.02. The lowest BCUT2D eigenvalue weighted by Gasteiger charge is -2.05. The maximum absolute atomic E-state index is 12.1. The van der Waals surface area contributed by atoms with Gasteiger partial charge in [-0.05, 0) is 45.2 Å². The van der Waals surface area contributed by atoms with E-state index in [0.717, 1.165) is 24.1 Å². The van der Waals surface area contributed by atoms with Gasteiger partial charge in [-0.2, -0.15) is 0 Å². The van der Waals surface area contributed by atoms with Crippen LogP contribution in [0.2, 0.25) is 0 Å². The van der Waals surface area contributed by atoms with Crippen molar-refractivity contribution in [2.24, 2.45) is 5.73 Å². The average Bonchev–Trinajstić information content (AvgIpc) is 2.71. The number of H-pyrrole nitrogens is 1. The summed E-state index contributed by atoms with van der Waals surface area (Å²) in [6, 6.07) is 0. The second-order valence-corrected chi connectivity index (χ2v) is 4.64. The standard InChI is InChI=1S/C14H23N3O2/c1-4-11-12(10(3)18)9(2)17-13(11)14(19)16-8-6-5-7-15/h17H,4-8,15H2,1-3H3,(H,16,19). The second kappa shape index (κ2) is 7.09. The fraction of sp³-hybridized carbons (Fsp3) is 0.571. The number of amides is 1. The summed E-state index contributed by atoms with van der Waals surface area (Å²) in [5.41, 5.74) is 8.13. The van der Waals surface area contributed by atoms with Crippen molar-refractivity contribution < 1.29 is 9.59 Å². The normalized spacial score (nSPS) is 10.5. The van der Waals surface area contributed by atoms with Gasteiger partial charge in [-0.3, -0.25) is 9.59 Å². The van der Waals surface area contributed by atoms with Crippen LogP contribution in [0.25, 0.3) is 0 Å². The van der Waals surface area contributed by atoms with Crippen molar-refractivity contribution >= 4 is 11.7 Å². The van der Waals surface area contributed by atoms with E-state index in [9.17, 15) is 9.59 Å². The molecule has 0 saturated carbocycles. The molecule has 1 aromatic heterocycles. The Labute approximate surface area is 114 Å². The fourth-order valence-corrected chi connectivity index (χ4v) is 2.26. The highest BCUT2D eigenvalue weighted by atomic mass is 16.2. The van der Waals surface area contributed by atoms with E-state index >= 15 is 0 Å². The maximum Gasteiger partial charge on any atom is 0.268 e. The zero-order valence-electron chi connectivity index (χ0n) is 11.9. The number of rotatable bonds is 7. The van der Waals surface area contributed by atoms with Crippen molar-refractivity contribution in [1.29, 1.82) is 0 Å². The highest BCUT2D eigenvalue weighted by Gasteiger charge is 2.21. The molecule has 106 valence electrons. The minimum atomic E-state index is -0.149. The first-order valence-corrected chi connectivity index (χ1v) is 6.73. The Kier molecular flexibility index (Phi) is 5.76. The molecule has 1 rings (SSSR count). The number of hydrogen-bond acceptors (Lipinski definition) is 3. The summed E-state index contributed by atoms with van der Waals surface area (Å²) >= 11 is 0. The molecule has 0 fully saturated rings. The van der Waals surface area contributed by atoms with Crippen LogP contribution in [0.4, 0.5) is 0 Å². The molecule has 5 nitrogen and oxygen atoms in total. The van der Waals surface area contributed by atoms with Crippen LogP contribution in [0.5, 0.6) is 0 Å². The van der Waals surface area contributed by atoms with E-state index in [1.54, 1.807) is 0 Å². The minimum absolute atomic E-state index is 0.00668. The summed E-state index contributed by atoms with van der Waals surface area (Å²) in [5.74, 6) is -0.155. The molecule has 1 amide bonds. The maximum atomic E-state index is 12.1. The van der Waals surface area contributed by atoms with Gasteiger partial charge in [0, 0.05) is 17.8 Å². The van der Waals surface area contributed by atoms with Crippen LogP contribution in [0.15, 0.2) is 0 Å². The Morgan fingerprint density at radius 1 is 1.32 bits per heavy atom. The molecule has 0 aliphatic rings. The molecular weight excluding hydrogens is 242 g/mol. The zero-order chi connectivity index (χ0) is 14.4. The molecular formula is C14H23N3O2. The number of nitrogens with two attached hydrogens (primary N) is 1. The molecule has 0 aliphatic heterocycles. The third kappa shape index (κ3) is 3.67. The Morgan fingerprint density at radius 2 is 2.00 bits per heavy atom. The summed E-state index contributed by atoms with van der Waals surface area (Å²) in [7, 11) is 0. The molecule has 0 bridgehead atoms. The van der Waals surface area contributed by atoms with Crippen molar-refractivity contribution in [2.45, 2.75) is 40.0 Å². The largest absolute Gasteiger partial charge is 0.354 e. The van der Waals surface area contributed by atoms with E-state index in [4.69, 9.17) is 5.73 Å².